The van der Waals surface area contributed by atoms with Gasteiger partial charge in [-0.3, -0.25) is 4.79 Å². The summed E-state index contributed by atoms with van der Waals surface area (Å²) in [5, 5.41) is 6.42. The Labute approximate surface area is 126 Å². The Bertz CT molecular complexity index is 235. The van der Waals surface area contributed by atoms with Crippen molar-refractivity contribution in [2.24, 2.45) is 5.41 Å². The van der Waals surface area contributed by atoms with Crippen LogP contribution in [0.15, 0.2) is 0 Å². The molecule has 0 aliphatic rings. The number of amides is 1. The monoisotopic (exact) mass is 284 g/mol. The molecule has 0 bridgehead atoms. The van der Waals surface area contributed by atoms with Gasteiger partial charge in [0.1, 0.15) is 0 Å². The topological polar surface area (TPSA) is 41.1 Å². The quantitative estimate of drug-likeness (QED) is 0.631. The van der Waals surface area contributed by atoms with E-state index in [2.05, 4.69) is 52.2 Å². The van der Waals surface area contributed by atoms with Gasteiger partial charge in [-0.1, -0.05) is 33.6 Å². The number of nitrogens with one attached hydrogen (secondary N) is 2. The van der Waals surface area contributed by atoms with Crippen molar-refractivity contribution in [2.45, 2.75) is 85.6 Å². The summed E-state index contributed by atoms with van der Waals surface area (Å²) < 4.78 is 0. The molecule has 0 heterocycles. The number of hydrogen-bond donors (Lipinski definition) is 2. The van der Waals surface area contributed by atoms with E-state index in [1.54, 1.807) is 0 Å². The molecule has 0 saturated carbocycles. The molecule has 0 spiro atoms. The molecule has 1 amide bonds. The highest BCUT2D eigenvalue weighted by atomic mass is 16.1. The molecule has 3 heteroatoms. The molecule has 0 radical (unpaired) electrons. The lowest BCUT2D eigenvalue weighted by Gasteiger charge is -2.20. The molecular weight excluding hydrogens is 248 g/mol. The summed E-state index contributed by atoms with van der Waals surface area (Å²) in [5.74, 6) is 0.205. The van der Waals surface area contributed by atoms with Gasteiger partial charge >= 0.3 is 0 Å². The molecule has 0 unspecified atom stereocenters. The lowest BCUT2D eigenvalue weighted by molar-refractivity contribution is -0.121. The first-order valence-corrected chi connectivity index (χ1v) is 8.12. The molecule has 3 nitrogen and oxygen atoms in total. The maximum Gasteiger partial charge on any atom is 0.219 e. The van der Waals surface area contributed by atoms with E-state index in [9.17, 15) is 4.79 Å². The van der Waals surface area contributed by atoms with Crippen molar-refractivity contribution in [3.8, 4) is 0 Å². The van der Waals surface area contributed by atoms with E-state index in [-0.39, 0.29) is 11.4 Å². The maximum absolute atomic E-state index is 11.6. The summed E-state index contributed by atoms with van der Waals surface area (Å²) in [6.45, 7) is 15.0. The minimum Gasteiger partial charge on any atom is -0.356 e. The lowest BCUT2D eigenvalue weighted by Crippen LogP contribution is -2.37. The second kappa shape index (κ2) is 9.38. The molecule has 0 aliphatic carbocycles. The molecule has 0 aliphatic heterocycles. The van der Waals surface area contributed by atoms with Crippen LogP contribution in [-0.2, 0) is 4.79 Å². The summed E-state index contributed by atoms with van der Waals surface area (Å²) in [7, 11) is 0. The van der Waals surface area contributed by atoms with Gasteiger partial charge in [-0.05, 0) is 52.0 Å². The van der Waals surface area contributed by atoms with E-state index in [1.165, 1.54) is 12.8 Å². The van der Waals surface area contributed by atoms with Gasteiger partial charge in [0.15, 0.2) is 0 Å². The van der Waals surface area contributed by atoms with Crippen LogP contribution < -0.4 is 10.6 Å². The first kappa shape index (κ1) is 19.4. The zero-order chi connectivity index (χ0) is 15.6. The Morgan fingerprint density at radius 1 is 0.850 bits per heavy atom. The molecule has 0 fully saturated rings. The number of unbranched alkanes of at least 4 members (excludes halogenated alkanes) is 2. The Kier molecular flexibility index (Phi) is 9.11. The number of rotatable bonds is 9. The van der Waals surface area contributed by atoms with E-state index >= 15 is 0 Å². The Morgan fingerprint density at radius 2 is 1.50 bits per heavy atom. The second-order valence-electron chi connectivity index (χ2n) is 8.00. The predicted molar refractivity (Wildman–Crippen MR) is 87.9 cm³/mol. The van der Waals surface area contributed by atoms with Gasteiger partial charge in [0.25, 0.3) is 0 Å². The molecular formula is C17H36N2O. The Balaban J connectivity index is 3.38. The van der Waals surface area contributed by atoms with Gasteiger partial charge in [0, 0.05) is 18.5 Å². The van der Waals surface area contributed by atoms with Crippen LogP contribution in [0.5, 0.6) is 0 Å². The van der Waals surface area contributed by atoms with Crippen molar-refractivity contribution in [3.63, 3.8) is 0 Å². The third kappa shape index (κ3) is 15.5. The molecule has 0 aromatic heterocycles. The van der Waals surface area contributed by atoms with Crippen LogP contribution in [0.2, 0.25) is 0 Å². The summed E-state index contributed by atoms with van der Waals surface area (Å²) in [6.07, 6.45) is 6.32. The van der Waals surface area contributed by atoms with Crippen LogP contribution in [0.1, 0.15) is 80.1 Å². The van der Waals surface area contributed by atoms with Crippen LogP contribution in [-0.4, -0.2) is 24.5 Å². The van der Waals surface area contributed by atoms with Crippen molar-refractivity contribution in [3.05, 3.63) is 0 Å². The zero-order valence-electron chi connectivity index (χ0n) is 14.6. The molecule has 0 rings (SSSR count). The van der Waals surface area contributed by atoms with E-state index < -0.39 is 0 Å². The summed E-state index contributed by atoms with van der Waals surface area (Å²) in [5.41, 5.74) is 0.583. The molecule has 20 heavy (non-hydrogen) atoms. The number of hydrogen-bond acceptors (Lipinski definition) is 2. The first-order valence-electron chi connectivity index (χ1n) is 8.12. The fourth-order valence-electron chi connectivity index (χ4n) is 1.99. The molecule has 2 N–H and O–H groups in total. The SMILES string of the molecule is CC(C)(C)CCCCCC(=O)NCCCNC(C)(C)C. The molecule has 120 valence electrons. The van der Waals surface area contributed by atoms with Crippen molar-refractivity contribution in [1.82, 2.24) is 10.6 Å². The molecule has 0 aromatic rings. The highest BCUT2D eigenvalue weighted by molar-refractivity contribution is 5.75. The maximum atomic E-state index is 11.6. The van der Waals surface area contributed by atoms with Gasteiger partial charge < -0.3 is 10.6 Å². The van der Waals surface area contributed by atoms with Crippen molar-refractivity contribution >= 4 is 5.91 Å². The number of carbonyl (C=O) groups is 1. The van der Waals surface area contributed by atoms with Crippen LogP contribution in [0.25, 0.3) is 0 Å². The fraction of sp³-hybridized carbons (Fsp3) is 0.941. The van der Waals surface area contributed by atoms with Crippen LogP contribution in [0.3, 0.4) is 0 Å². The van der Waals surface area contributed by atoms with Gasteiger partial charge in [-0.2, -0.15) is 0 Å². The average Bonchev–Trinajstić information content (AvgIpc) is 2.25. The fourth-order valence-corrected chi connectivity index (χ4v) is 1.99. The van der Waals surface area contributed by atoms with Crippen LogP contribution >= 0.6 is 0 Å². The highest BCUT2D eigenvalue weighted by Gasteiger charge is 2.09. The third-order valence-corrected chi connectivity index (χ3v) is 3.16. The van der Waals surface area contributed by atoms with Gasteiger partial charge in [0.2, 0.25) is 5.91 Å². The van der Waals surface area contributed by atoms with E-state index in [1.807, 2.05) is 0 Å². The van der Waals surface area contributed by atoms with Crippen LogP contribution in [0, 0.1) is 5.41 Å². The minimum atomic E-state index is 0.164. The van der Waals surface area contributed by atoms with E-state index in [0.717, 1.165) is 32.4 Å². The van der Waals surface area contributed by atoms with Gasteiger partial charge in [-0.25, -0.2) is 0 Å². The first-order chi connectivity index (χ1) is 9.10. The standard InChI is InChI=1S/C17H36N2O/c1-16(2,3)12-9-7-8-11-15(20)18-13-10-14-19-17(4,5)6/h19H,7-14H2,1-6H3,(H,18,20). The third-order valence-electron chi connectivity index (χ3n) is 3.16. The highest BCUT2D eigenvalue weighted by Crippen LogP contribution is 2.22. The van der Waals surface area contributed by atoms with Crippen molar-refractivity contribution in [2.75, 3.05) is 13.1 Å². The van der Waals surface area contributed by atoms with Crippen LogP contribution in [0.4, 0.5) is 0 Å². The largest absolute Gasteiger partial charge is 0.356 e. The normalized spacial score (nSPS) is 12.5. The van der Waals surface area contributed by atoms with E-state index in [0.29, 0.717) is 11.8 Å². The van der Waals surface area contributed by atoms with E-state index in [4.69, 9.17) is 0 Å². The zero-order valence-corrected chi connectivity index (χ0v) is 14.6. The minimum absolute atomic E-state index is 0.164. The lowest BCUT2D eigenvalue weighted by atomic mass is 9.89. The smallest absolute Gasteiger partial charge is 0.219 e. The summed E-state index contributed by atoms with van der Waals surface area (Å²) in [6, 6.07) is 0. The molecule has 0 saturated heterocycles. The summed E-state index contributed by atoms with van der Waals surface area (Å²) >= 11 is 0. The molecule has 0 atom stereocenters. The average molecular weight is 284 g/mol. The van der Waals surface area contributed by atoms with Crippen molar-refractivity contribution < 1.29 is 4.79 Å². The second-order valence-corrected chi connectivity index (χ2v) is 8.00. The Hall–Kier alpha value is -0.570. The predicted octanol–water partition coefficient (Wildman–Crippen LogP) is 3.88. The van der Waals surface area contributed by atoms with Gasteiger partial charge in [-0.15, -0.1) is 0 Å². The summed E-state index contributed by atoms with van der Waals surface area (Å²) in [4.78, 5) is 11.6. The Morgan fingerprint density at radius 3 is 2.05 bits per heavy atom. The number of carbonyl (C=O) groups excluding carboxylic acids is 1. The van der Waals surface area contributed by atoms with Crippen molar-refractivity contribution in [1.29, 1.82) is 0 Å². The molecule has 0 aromatic carbocycles. The van der Waals surface area contributed by atoms with Gasteiger partial charge in [0.05, 0.1) is 0 Å².